The fraction of sp³-hybridized carbons (Fsp3) is 0.455. The number of hydrogen-bond acceptors (Lipinski definition) is 4. The van der Waals surface area contributed by atoms with E-state index in [9.17, 15) is 4.79 Å². The van der Waals surface area contributed by atoms with Gasteiger partial charge in [0.1, 0.15) is 0 Å². The first-order valence-electron chi connectivity index (χ1n) is 5.60. The average molecular weight is 254 g/mol. The second-order valence-electron chi connectivity index (χ2n) is 3.89. The lowest BCUT2D eigenvalue weighted by Crippen LogP contribution is -3.14. The summed E-state index contributed by atoms with van der Waals surface area (Å²) >= 11 is 1.95. The number of amides is 1. The van der Waals surface area contributed by atoms with Crippen LogP contribution >= 0.6 is 11.8 Å². The molecule has 0 radical (unpaired) electrons. The van der Waals surface area contributed by atoms with Crippen LogP contribution in [0.5, 0.6) is 0 Å². The van der Waals surface area contributed by atoms with Crippen molar-refractivity contribution in [3.63, 3.8) is 0 Å². The van der Waals surface area contributed by atoms with Crippen LogP contribution in [-0.2, 0) is 4.79 Å². The van der Waals surface area contributed by atoms with Gasteiger partial charge in [0.25, 0.3) is 5.91 Å². The number of hydrazone groups is 1. The number of quaternary nitrogens is 1. The maximum atomic E-state index is 11.6. The van der Waals surface area contributed by atoms with E-state index in [2.05, 4.69) is 10.5 Å². The molecular formula is C11H16N3O2S+. The molecule has 1 aliphatic rings. The molecule has 0 atom stereocenters. The van der Waals surface area contributed by atoms with Crippen molar-refractivity contribution < 1.29 is 14.1 Å². The first kappa shape index (κ1) is 12.2. The van der Waals surface area contributed by atoms with E-state index in [0.29, 0.717) is 6.54 Å². The van der Waals surface area contributed by atoms with Gasteiger partial charge in [0.15, 0.2) is 6.54 Å². The topological polar surface area (TPSA) is 59.0 Å². The van der Waals surface area contributed by atoms with E-state index < -0.39 is 0 Å². The Morgan fingerprint density at radius 2 is 2.41 bits per heavy atom. The molecule has 1 aromatic rings. The number of rotatable bonds is 4. The smallest absolute Gasteiger partial charge is 0.295 e. The Hall–Kier alpha value is -1.27. The van der Waals surface area contributed by atoms with E-state index in [4.69, 9.17) is 4.42 Å². The summed E-state index contributed by atoms with van der Waals surface area (Å²) in [5.74, 6) is 2.24. The van der Waals surface area contributed by atoms with Crippen LogP contribution in [0.15, 0.2) is 28.1 Å². The normalized spacial score (nSPS) is 17.4. The second kappa shape index (κ2) is 6.46. The third-order valence-corrected chi connectivity index (χ3v) is 3.54. The number of nitrogens with zero attached hydrogens (tertiary/aromatic N) is 1. The summed E-state index contributed by atoms with van der Waals surface area (Å²) in [6.07, 6.45) is 4.71. The van der Waals surface area contributed by atoms with Gasteiger partial charge in [-0.2, -0.15) is 16.9 Å². The first-order chi connectivity index (χ1) is 8.34. The van der Waals surface area contributed by atoms with Crippen LogP contribution in [-0.4, -0.2) is 43.3 Å². The first-order valence-corrected chi connectivity index (χ1v) is 6.75. The third-order valence-electron chi connectivity index (χ3n) is 2.56. The molecule has 2 N–H and O–H groups in total. The van der Waals surface area contributed by atoms with Gasteiger partial charge in [-0.1, -0.05) is 0 Å². The van der Waals surface area contributed by atoms with Crippen LogP contribution < -0.4 is 10.3 Å². The maximum absolute atomic E-state index is 11.6. The van der Waals surface area contributed by atoms with Gasteiger partial charge in [-0.15, -0.1) is 0 Å². The number of nitrogens with one attached hydrogen (secondary N) is 2. The SMILES string of the molecule is O=C(C[NH+]1CCSCC1)N/N=C\c1ccoc1. The molecule has 0 bridgehead atoms. The predicted octanol–water partition coefficient (Wildman–Crippen LogP) is -0.639. The summed E-state index contributed by atoms with van der Waals surface area (Å²) in [4.78, 5) is 12.9. The standard InChI is InChI=1S/C11H15N3O2S/c15-11(8-14-2-5-17-6-3-14)13-12-7-10-1-4-16-9-10/h1,4,7,9H,2-3,5-6,8H2,(H,13,15)/p+1/b12-7-. The van der Waals surface area contributed by atoms with Crippen LogP contribution in [0.4, 0.5) is 0 Å². The van der Waals surface area contributed by atoms with Gasteiger partial charge in [0.05, 0.1) is 31.8 Å². The summed E-state index contributed by atoms with van der Waals surface area (Å²) in [5.41, 5.74) is 3.37. The lowest BCUT2D eigenvalue weighted by Gasteiger charge is -2.21. The highest BCUT2D eigenvalue weighted by atomic mass is 32.2. The molecule has 0 aromatic carbocycles. The summed E-state index contributed by atoms with van der Waals surface area (Å²) in [6.45, 7) is 2.62. The van der Waals surface area contributed by atoms with Gasteiger partial charge in [0.2, 0.25) is 0 Å². The van der Waals surface area contributed by atoms with Gasteiger partial charge in [-0.3, -0.25) is 4.79 Å². The van der Waals surface area contributed by atoms with E-state index in [1.807, 2.05) is 11.8 Å². The van der Waals surface area contributed by atoms with Gasteiger partial charge < -0.3 is 9.32 Å². The molecule has 92 valence electrons. The quantitative estimate of drug-likeness (QED) is 0.555. The van der Waals surface area contributed by atoms with E-state index >= 15 is 0 Å². The number of carbonyl (C=O) groups is 1. The van der Waals surface area contributed by atoms with E-state index in [1.54, 1.807) is 24.8 Å². The molecular weight excluding hydrogens is 238 g/mol. The Morgan fingerprint density at radius 1 is 1.59 bits per heavy atom. The molecule has 1 aromatic heterocycles. The predicted molar refractivity (Wildman–Crippen MR) is 67.3 cm³/mol. The van der Waals surface area contributed by atoms with Crippen molar-refractivity contribution in [2.24, 2.45) is 5.10 Å². The minimum atomic E-state index is -0.0355. The van der Waals surface area contributed by atoms with Gasteiger partial charge in [-0.25, -0.2) is 5.43 Å². The van der Waals surface area contributed by atoms with Crippen molar-refractivity contribution in [1.82, 2.24) is 5.43 Å². The number of hydrogen-bond donors (Lipinski definition) is 2. The maximum Gasteiger partial charge on any atom is 0.295 e. The van der Waals surface area contributed by atoms with Gasteiger partial charge in [0, 0.05) is 17.1 Å². The minimum absolute atomic E-state index is 0.0355. The van der Waals surface area contributed by atoms with Crippen LogP contribution in [0.1, 0.15) is 5.56 Å². The summed E-state index contributed by atoms with van der Waals surface area (Å²) in [7, 11) is 0. The van der Waals surface area contributed by atoms with E-state index in [-0.39, 0.29) is 5.91 Å². The molecule has 0 unspecified atom stereocenters. The molecule has 17 heavy (non-hydrogen) atoms. The highest BCUT2D eigenvalue weighted by molar-refractivity contribution is 7.99. The molecule has 1 fully saturated rings. The van der Waals surface area contributed by atoms with Crippen molar-refractivity contribution >= 4 is 23.9 Å². The Bertz CT molecular complexity index is 372. The monoisotopic (exact) mass is 254 g/mol. The Labute approximate surface area is 104 Å². The fourth-order valence-corrected chi connectivity index (χ4v) is 2.70. The molecule has 0 saturated carbocycles. The van der Waals surface area contributed by atoms with Crippen LogP contribution in [0.3, 0.4) is 0 Å². The zero-order valence-corrected chi connectivity index (χ0v) is 10.3. The Balaban J connectivity index is 1.70. The van der Waals surface area contributed by atoms with E-state index in [0.717, 1.165) is 30.2 Å². The molecule has 6 heteroatoms. The van der Waals surface area contributed by atoms with Crippen LogP contribution in [0, 0.1) is 0 Å². The van der Waals surface area contributed by atoms with Crippen molar-refractivity contribution in [2.45, 2.75) is 0 Å². The zero-order chi connectivity index (χ0) is 11.9. The van der Waals surface area contributed by atoms with Crippen molar-refractivity contribution in [2.75, 3.05) is 31.1 Å². The molecule has 2 heterocycles. The Kier molecular flexibility index (Phi) is 4.63. The van der Waals surface area contributed by atoms with Crippen LogP contribution in [0.2, 0.25) is 0 Å². The van der Waals surface area contributed by atoms with Crippen molar-refractivity contribution in [3.05, 3.63) is 24.2 Å². The highest BCUT2D eigenvalue weighted by Crippen LogP contribution is 1.97. The molecule has 5 nitrogen and oxygen atoms in total. The zero-order valence-electron chi connectivity index (χ0n) is 9.52. The number of carbonyl (C=O) groups excluding carboxylic acids is 1. The lowest BCUT2D eigenvalue weighted by atomic mass is 10.4. The van der Waals surface area contributed by atoms with Gasteiger partial charge >= 0.3 is 0 Å². The highest BCUT2D eigenvalue weighted by Gasteiger charge is 2.16. The second-order valence-corrected chi connectivity index (χ2v) is 5.11. The van der Waals surface area contributed by atoms with Crippen molar-refractivity contribution in [1.29, 1.82) is 0 Å². The van der Waals surface area contributed by atoms with Gasteiger partial charge in [-0.05, 0) is 6.07 Å². The third kappa shape index (κ3) is 4.24. The minimum Gasteiger partial charge on any atom is -0.472 e. The molecule has 1 saturated heterocycles. The Morgan fingerprint density at radius 3 is 3.12 bits per heavy atom. The van der Waals surface area contributed by atoms with Crippen molar-refractivity contribution in [3.8, 4) is 0 Å². The summed E-state index contributed by atoms with van der Waals surface area (Å²) in [6, 6.07) is 1.78. The summed E-state index contributed by atoms with van der Waals surface area (Å²) in [5, 5.41) is 3.88. The molecule has 1 aliphatic heterocycles. The average Bonchev–Trinajstić information content (AvgIpc) is 2.83. The molecule has 2 rings (SSSR count). The van der Waals surface area contributed by atoms with E-state index in [1.165, 1.54) is 4.90 Å². The summed E-state index contributed by atoms with van der Waals surface area (Å²) < 4.78 is 4.88. The lowest BCUT2D eigenvalue weighted by molar-refractivity contribution is -0.888. The number of furan rings is 1. The van der Waals surface area contributed by atoms with Crippen LogP contribution in [0.25, 0.3) is 0 Å². The fourth-order valence-electron chi connectivity index (χ4n) is 1.63. The molecule has 1 amide bonds. The number of thioether (sulfide) groups is 1. The molecule has 0 aliphatic carbocycles. The largest absolute Gasteiger partial charge is 0.472 e. The molecule has 0 spiro atoms.